The standard InChI is InChI=1S/C17H16N2O/c1-19-16-8-3-2-6-14(16)10-15(17(19)20)13-7-4-5-12(9-13)11-18/h2-10H,11,18H2,1H3. The minimum Gasteiger partial charge on any atom is -0.326 e. The number of rotatable bonds is 2. The molecule has 0 radical (unpaired) electrons. The van der Waals surface area contributed by atoms with Crippen LogP contribution in [0.4, 0.5) is 0 Å². The van der Waals surface area contributed by atoms with Gasteiger partial charge in [0.1, 0.15) is 0 Å². The number of hydrogen-bond acceptors (Lipinski definition) is 2. The maximum Gasteiger partial charge on any atom is 0.258 e. The molecular weight excluding hydrogens is 248 g/mol. The summed E-state index contributed by atoms with van der Waals surface area (Å²) in [6.45, 7) is 0.474. The van der Waals surface area contributed by atoms with Crippen molar-refractivity contribution in [2.75, 3.05) is 0 Å². The largest absolute Gasteiger partial charge is 0.326 e. The topological polar surface area (TPSA) is 48.0 Å². The second-order valence-corrected chi connectivity index (χ2v) is 4.89. The summed E-state index contributed by atoms with van der Waals surface area (Å²) in [5, 5.41) is 1.06. The Morgan fingerprint density at radius 3 is 2.65 bits per heavy atom. The summed E-state index contributed by atoms with van der Waals surface area (Å²) in [4.78, 5) is 12.5. The Bertz CT molecular complexity index is 834. The molecule has 3 heteroatoms. The molecule has 0 unspecified atom stereocenters. The van der Waals surface area contributed by atoms with Crippen LogP contribution in [0.5, 0.6) is 0 Å². The Hall–Kier alpha value is -2.39. The van der Waals surface area contributed by atoms with Crippen molar-refractivity contribution in [1.29, 1.82) is 0 Å². The Morgan fingerprint density at radius 1 is 1.05 bits per heavy atom. The zero-order chi connectivity index (χ0) is 14.1. The molecule has 1 aromatic heterocycles. The lowest BCUT2D eigenvalue weighted by Gasteiger charge is -2.09. The molecule has 2 aromatic carbocycles. The van der Waals surface area contributed by atoms with Gasteiger partial charge in [-0.1, -0.05) is 36.4 Å². The number of aromatic nitrogens is 1. The van der Waals surface area contributed by atoms with Gasteiger partial charge in [-0.15, -0.1) is 0 Å². The van der Waals surface area contributed by atoms with Gasteiger partial charge >= 0.3 is 0 Å². The van der Waals surface area contributed by atoms with Crippen LogP contribution in [0.2, 0.25) is 0 Å². The SMILES string of the molecule is Cn1c(=O)c(-c2cccc(CN)c2)cc2ccccc21. The van der Waals surface area contributed by atoms with Crippen molar-refractivity contribution in [3.8, 4) is 11.1 Å². The van der Waals surface area contributed by atoms with Crippen molar-refractivity contribution >= 4 is 10.9 Å². The molecular formula is C17H16N2O. The molecule has 0 saturated carbocycles. The predicted molar refractivity (Wildman–Crippen MR) is 82.5 cm³/mol. The van der Waals surface area contributed by atoms with Crippen LogP contribution in [-0.2, 0) is 13.6 Å². The first-order valence-corrected chi connectivity index (χ1v) is 6.59. The summed E-state index contributed by atoms with van der Waals surface area (Å²) in [5.41, 5.74) is 9.28. The van der Waals surface area contributed by atoms with Gasteiger partial charge in [0.15, 0.2) is 0 Å². The molecule has 0 spiro atoms. The summed E-state index contributed by atoms with van der Waals surface area (Å²) in [6.07, 6.45) is 0. The predicted octanol–water partition coefficient (Wildman–Crippen LogP) is 2.66. The average molecular weight is 264 g/mol. The molecule has 0 amide bonds. The fourth-order valence-corrected chi connectivity index (χ4v) is 2.49. The van der Waals surface area contributed by atoms with Crippen molar-refractivity contribution < 1.29 is 0 Å². The van der Waals surface area contributed by atoms with Gasteiger partial charge in [0.05, 0.1) is 5.52 Å². The first-order valence-electron chi connectivity index (χ1n) is 6.59. The lowest BCUT2D eigenvalue weighted by molar-refractivity contribution is 0.908. The van der Waals surface area contributed by atoms with Gasteiger partial charge in [-0.25, -0.2) is 0 Å². The highest BCUT2D eigenvalue weighted by Gasteiger charge is 2.08. The van der Waals surface area contributed by atoms with E-state index < -0.39 is 0 Å². The molecule has 0 saturated heterocycles. The Labute approximate surface area is 117 Å². The zero-order valence-corrected chi connectivity index (χ0v) is 11.3. The van der Waals surface area contributed by atoms with Crippen LogP contribution in [0.15, 0.2) is 59.4 Å². The number of benzene rings is 2. The minimum atomic E-state index is 0.0119. The van der Waals surface area contributed by atoms with Crippen molar-refractivity contribution in [2.24, 2.45) is 12.8 Å². The highest BCUT2D eigenvalue weighted by Crippen LogP contribution is 2.21. The summed E-state index contributed by atoms with van der Waals surface area (Å²) >= 11 is 0. The number of nitrogens with two attached hydrogens (primary N) is 1. The van der Waals surface area contributed by atoms with E-state index in [-0.39, 0.29) is 5.56 Å². The number of para-hydroxylation sites is 1. The first-order chi connectivity index (χ1) is 9.70. The molecule has 100 valence electrons. The van der Waals surface area contributed by atoms with Crippen LogP contribution in [0.25, 0.3) is 22.0 Å². The molecule has 20 heavy (non-hydrogen) atoms. The van der Waals surface area contributed by atoms with Gasteiger partial charge in [-0.05, 0) is 34.7 Å². The van der Waals surface area contributed by atoms with Crippen molar-refractivity contribution in [3.63, 3.8) is 0 Å². The van der Waals surface area contributed by atoms with Crippen molar-refractivity contribution in [1.82, 2.24) is 4.57 Å². The Morgan fingerprint density at radius 2 is 1.85 bits per heavy atom. The van der Waals surface area contributed by atoms with Crippen LogP contribution < -0.4 is 11.3 Å². The number of nitrogens with zero attached hydrogens (tertiary/aromatic N) is 1. The number of pyridine rings is 1. The first kappa shape index (κ1) is 12.6. The quantitative estimate of drug-likeness (QED) is 0.773. The molecule has 2 N–H and O–H groups in total. The zero-order valence-electron chi connectivity index (χ0n) is 11.3. The van der Waals surface area contributed by atoms with E-state index in [0.29, 0.717) is 12.1 Å². The molecule has 3 aromatic rings. The molecule has 0 fully saturated rings. The van der Waals surface area contributed by atoms with E-state index in [9.17, 15) is 4.79 Å². The number of hydrogen-bond donors (Lipinski definition) is 1. The smallest absolute Gasteiger partial charge is 0.258 e. The molecule has 1 heterocycles. The monoisotopic (exact) mass is 264 g/mol. The summed E-state index contributed by atoms with van der Waals surface area (Å²) < 4.78 is 1.69. The minimum absolute atomic E-state index is 0.0119. The normalized spacial score (nSPS) is 10.9. The molecule has 0 aliphatic heterocycles. The molecule has 0 aliphatic carbocycles. The number of fused-ring (bicyclic) bond motifs is 1. The van der Waals surface area contributed by atoms with E-state index in [0.717, 1.165) is 22.0 Å². The second kappa shape index (κ2) is 4.94. The Balaban J connectivity index is 2.31. The summed E-state index contributed by atoms with van der Waals surface area (Å²) in [7, 11) is 1.81. The lowest BCUT2D eigenvalue weighted by Crippen LogP contribution is -2.18. The molecule has 3 rings (SSSR count). The number of aryl methyl sites for hydroxylation is 1. The van der Waals surface area contributed by atoms with Crippen LogP contribution >= 0.6 is 0 Å². The highest BCUT2D eigenvalue weighted by atomic mass is 16.1. The highest BCUT2D eigenvalue weighted by molar-refractivity contribution is 5.84. The fourth-order valence-electron chi connectivity index (χ4n) is 2.49. The lowest BCUT2D eigenvalue weighted by atomic mass is 10.0. The van der Waals surface area contributed by atoms with Gasteiger partial charge in [-0.3, -0.25) is 4.79 Å². The van der Waals surface area contributed by atoms with E-state index in [1.807, 2.05) is 54.6 Å². The van der Waals surface area contributed by atoms with Gasteiger partial charge in [0.25, 0.3) is 5.56 Å². The van der Waals surface area contributed by atoms with Gasteiger partial charge < -0.3 is 10.3 Å². The van der Waals surface area contributed by atoms with E-state index in [2.05, 4.69) is 0 Å². The van der Waals surface area contributed by atoms with Gasteiger partial charge in [0.2, 0.25) is 0 Å². The molecule has 0 bridgehead atoms. The third kappa shape index (κ3) is 2.02. The van der Waals surface area contributed by atoms with Gasteiger partial charge in [-0.2, -0.15) is 0 Å². The van der Waals surface area contributed by atoms with Crippen molar-refractivity contribution in [3.05, 3.63) is 70.5 Å². The van der Waals surface area contributed by atoms with E-state index in [1.165, 1.54) is 0 Å². The second-order valence-electron chi connectivity index (χ2n) is 4.89. The fraction of sp³-hybridized carbons (Fsp3) is 0.118. The summed E-state index contributed by atoms with van der Waals surface area (Å²) in [6, 6.07) is 17.7. The van der Waals surface area contributed by atoms with E-state index >= 15 is 0 Å². The van der Waals surface area contributed by atoms with Crippen LogP contribution in [0.1, 0.15) is 5.56 Å². The molecule has 3 nitrogen and oxygen atoms in total. The third-order valence-corrected chi connectivity index (χ3v) is 3.61. The maximum absolute atomic E-state index is 12.5. The third-order valence-electron chi connectivity index (χ3n) is 3.61. The Kier molecular flexibility index (Phi) is 3.12. The van der Waals surface area contributed by atoms with Crippen LogP contribution in [0, 0.1) is 0 Å². The maximum atomic E-state index is 12.5. The van der Waals surface area contributed by atoms with Crippen LogP contribution in [0.3, 0.4) is 0 Å². The summed E-state index contributed by atoms with van der Waals surface area (Å²) in [5.74, 6) is 0. The van der Waals surface area contributed by atoms with E-state index in [1.54, 1.807) is 11.6 Å². The van der Waals surface area contributed by atoms with E-state index in [4.69, 9.17) is 5.73 Å². The van der Waals surface area contributed by atoms with Crippen molar-refractivity contribution in [2.45, 2.75) is 6.54 Å². The molecule has 0 aliphatic rings. The average Bonchev–Trinajstić information content (AvgIpc) is 2.51. The molecule has 0 atom stereocenters. The van der Waals surface area contributed by atoms with Crippen LogP contribution in [-0.4, -0.2) is 4.57 Å². The van der Waals surface area contributed by atoms with Gasteiger partial charge in [0, 0.05) is 19.2 Å².